The Morgan fingerprint density at radius 2 is 1.73 bits per heavy atom. The third kappa shape index (κ3) is 2.67. The highest BCUT2D eigenvalue weighted by atomic mass is 16.5. The molecule has 4 rings (SSSR count). The summed E-state index contributed by atoms with van der Waals surface area (Å²) in [7, 11) is 1.80. The molecule has 3 atom stereocenters. The molecule has 2 saturated carbocycles. The second kappa shape index (κ2) is 6.23. The Balaban J connectivity index is 1.40. The van der Waals surface area contributed by atoms with E-state index in [0.29, 0.717) is 5.92 Å². The summed E-state index contributed by atoms with van der Waals surface area (Å²) in [4.78, 5) is 2.83. The minimum atomic E-state index is 0.687. The van der Waals surface area contributed by atoms with Gasteiger partial charge in [0.1, 0.15) is 5.75 Å². The second-order valence-electron chi connectivity index (χ2n) is 7.64. The maximum Gasteiger partial charge on any atom is 0.122 e. The zero-order valence-corrected chi connectivity index (χ0v) is 13.8. The largest absolute Gasteiger partial charge is 0.496 e. The van der Waals surface area contributed by atoms with Crippen molar-refractivity contribution in [1.29, 1.82) is 0 Å². The molecule has 3 aliphatic rings. The van der Waals surface area contributed by atoms with Gasteiger partial charge in [0, 0.05) is 6.04 Å². The van der Waals surface area contributed by atoms with Crippen LogP contribution in [-0.2, 0) is 0 Å². The van der Waals surface area contributed by atoms with E-state index in [9.17, 15) is 0 Å². The lowest BCUT2D eigenvalue weighted by Crippen LogP contribution is -2.45. The molecule has 0 N–H and O–H groups in total. The minimum absolute atomic E-state index is 0.687. The van der Waals surface area contributed by atoms with Crippen molar-refractivity contribution in [2.45, 2.75) is 56.9 Å². The van der Waals surface area contributed by atoms with Crippen LogP contribution in [0.3, 0.4) is 0 Å². The quantitative estimate of drug-likeness (QED) is 0.817. The van der Waals surface area contributed by atoms with E-state index in [1.807, 2.05) is 0 Å². The maximum atomic E-state index is 5.57. The molecule has 2 nitrogen and oxygen atoms in total. The Morgan fingerprint density at radius 1 is 0.955 bits per heavy atom. The van der Waals surface area contributed by atoms with Crippen molar-refractivity contribution in [3.05, 3.63) is 29.8 Å². The van der Waals surface area contributed by atoms with E-state index in [2.05, 4.69) is 29.2 Å². The Morgan fingerprint density at radius 3 is 2.55 bits per heavy atom. The molecular weight excluding hydrogens is 270 g/mol. The normalized spacial score (nSPS) is 33.0. The number of nitrogens with zero attached hydrogens (tertiary/aromatic N) is 1. The molecule has 120 valence electrons. The zero-order chi connectivity index (χ0) is 14.9. The van der Waals surface area contributed by atoms with Crippen LogP contribution in [0.5, 0.6) is 5.75 Å². The monoisotopic (exact) mass is 299 g/mol. The topological polar surface area (TPSA) is 12.5 Å². The first-order valence-electron chi connectivity index (χ1n) is 9.22. The van der Waals surface area contributed by atoms with Crippen LogP contribution in [0.2, 0.25) is 0 Å². The third-order valence-electron chi connectivity index (χ3n) is 6.57. The average molecular weight is 299 g/mol. The van der Waals surface area contributed by atoms with Gasteiger partial charge in [-0.3, -0.25) is 0 Å². The number of rotatable bonds is 3. The number of fused-ring (bicyclic) bond motifs is 2. The van der Waals surface area contributed by atoms with Gasteiger partial charge in [0.05, 0.1) is 7.11 Å². The van der Waals surface area contributed by atoms with Gasteiger partial charge in [0.2, 0.25) is 0 Å². The number of para-hydroxylation sites is 1. The van der Waals surface area contributed by atoms with Crippen LogP contribution >= 0.6 is 0 Å². The molecule has 2 aliphatic carbocycles. The van der Waals surface area contributed by atoms with E-state index in [1.54, 1.807) is 7.11 Å². The van der Waals surface area contributed by atoms with Gasteiger partial charge in [-0.2, -0.15) is 0 Å². The Labute approximate surface area is 134 Å². The third-order valence-corrected chi connectivity index (χ3v) is 6.57. The van der Waals surface area contributed by atoms with E-state index in [4.69, 9.17) is 4.74 Å². The minimum Gasteiger partial charge on any atom is -0.496 e. The Kier molecular flexibility index (Phi) is 4.13. The molecule has 0 spiro atoms. The van der Waals surface area contributed by atoms with Crippen molar-refractivity contribution >= 4 is 0 Å². The fraction of sp³-hybridized carbons (Fsp3) is 0.700. The van der Waals surface area contributed by atoms with Gasteiger partial charge >= 0.3 is 0 Å². The molecule has 2 heteroatoms. The Hall–Kier alpha value is -1.02. The predicted molar refractivity (Wildman–Crippen MR) is 90.4 cm³/mol. The van der Waals surface area contributed by atoms with E-state index >= 15 is 0 Å². The molecule has 2 bridgehead atoms. The average Bonchev–Trinajstić information content (AvgIpc) is 2.96. The van der Waals surface area contributed by atoms with Crippen LogP contribution in [0.15, 0.2) is 24.3 Å². The van der Waals surface area contributed by atoms with Crippen molar-refractivity contribution < 1.29 is 4.74 Å². The number of hydrogen-bond donors (Lipinski definition) is 0. The van der Waals surface area contributed by atoms with Gasteiger partial charge in [0.15, 0.2) is 0 Å². The molecule has 1 aliphatic heterocycles. The van der Waals surface area contributed by atoms with Crippen LogP contribution in [0.1, 0.15) is 56.4 Å². The fourth-order valence-electron chi connectivity index (χ4n) is 5.39. The zero-order valence-electron chi connectivity index (χ0n) is 13.8. The number of hydrogen-bond acceptors (Lipinski definition) is 2. The summed E-state index contributed by atoms with van der Waals surface area (Å²) in [6, 6.07) is 9.51. The molecule has 1 saturated heterocycles. The van der Waals surface area contributed by atoms with Crippen molar-refractivity contribution in [2.24, 2.45) is 11.8 Å². The molecule has 0 aromatic heterocycles. The van der Waals surface area contributed by atoms with Crippen molar-refractivity contribution in [2.75, 3.05) is 20.2 Å². The molecule has 3 fully saturated rings. The van der Waals surface area contributed by atoms with E-state index < -0.39 is 0 Å². The summed E-state index contributed by atoms with van der Waals surface area (Å²) in [5.41, 5.74) is 1.43. The molecule has 1 aromatic rings. The highest BCUT2D eigenvalue weighted by Gasteiger charge is 2.39. The SMILES string of the molecule is COc1ccccc1C1CCN([C@H]2CC[C@H]3CC[C@H]2C3)CC1. The standard InChI is InChI=1S/C20H29NO/c1-22-20-5-3-2-4-18(20)16-10-12-21(13-11-16)19-9-7-15-6-8-17(19)14-15/h2-5,15-17,19H,6-14H2,1H3/t15-,17+,19+/m1/s1. The number of ether oxygens (including phenoxy) is 1. The molecule has 0 unspecified atom stereocenters. The molecule has 22 heavy (non-hydrogen) atoms. The second-order valence-corrected chi connectivity index (χ2v) is 7.64. The molecule has 0 radical (unpaired) electrons. The summed E-state index contributed by atoms with van der Waals surface area (Å²) < 4.78 is 5.57. The number of methoxy groups -OCH3 is 1. The van der Waals surface area contributed by atoms with Crippen LogP contribution in [0.4, 0.5) is 0 Å². The van der Waals surface area contributed by atoms with Gasteiger partial charge in [0.25, 0.3) is 0 Å². The smallest absolute Gasteiger partial charge is 0.122 e. The molecule has 0 amide bonds. The number of piperidine rings is 1. The van der Waals surface area contributed by atoms with Crippen molar-refractivity contribution in [3.63, 3.8) is 0 Å². The van der Waals surface area contributed by atoms with Gasteiger partial charge in [-0.1, -0.05) is 24.6 Å². The summed E-state index contributed by atoms with van der Waals surface area (Å²) in [5, 5.41) is 0. The van der Waals surface area contributed by atoms with Gasteiger partial charge in [-0.25, -0.2) is 0 Å². The highest BCUT2D eigenvalue weighted by Crippen LogP contribution is 2.45. The lowest BCUT2D eigenvalue weighted by atomic mass is 9.81. The molecule has 1 heterocycles. The van der Waals surface area contributed by atoms with Crippen LogP contribution in [0, 0.1) is 11.8 Å². The number of likely N-dealkylation sites (tertiary alicyclic amines) is 1. The first-order valence-corrected chi connectivity index (χ1v) is 9.22. The predicted octanol–water partition coefficient (Wildman–Crippen LogP) is 4.45. The van der Waals surface area contributed by atoms with Gasteiger partial charge < -0.3 is 9.64 Å². The Bertz CT molecular complexity index is 506. The van der Waals surface area contributed by atoms with Crippen LogP contribution < -0.4 is 4.74 Å². The summed E-state index contributed by atoms with van der Waals surface area (Å²) in [5.74, 6) is 3.86. The lowest BCUT2D eigenvalue weighted by molar-refractivity contribution is 0.0837. The maximum absolute atomic E-state index is 5.57. The highest BCUT2D eigenvalue weighted by molar-refractivity contribution is 5.36. The first-order chi connectivity index (χ1) is 10.8. The van der Waals surface area contributed by atoms with Crippen LogP contribution in [-0.4, -0.2) is 31.1 Å². The van der Waals surface area contributed by atoms with E-state index in [-0.39, 0.29) is 0 Å². The van der Waals surface area contributed by atoms with Crippen molar-refractivity contribution in [1.82, 2.24) is 4.90 Å². The summed E-state index contributed by atoms with van der Waals surface area (Å²) in [6.07, 6.45) is 10.1. The number of benzene rings is 1. The van der Waals surface area contributed by atoms with Crippen molar-refractivity contribution in [3.8, 4) is 5.75 Å². The van der Waals surface area contributed by atoms with Gasteiger partial charge in [-0.15, -0.1) is 0 Å². The van der Waals surface area contributed by atoms with E-state index in [1.165, 1.54) is 63.6 Å². The summed E-state index contributed by atoms with van der Waals surface area (Å²) >= 11 is 0. The lowest BCUT2D eigenvalue weighted by Gasteiger charge is -2.42. The first kappa shape index (κ1) is 14.6. The van der Waals surface area contributed by atoms with E-state index in [0.717, 1.165) is 23.6 Å². The van der Waals surface area contributed by atoms with Crippen LogP contribution in [0.25, 0.3) is 0 Å². The molecule has 1 aromatic carbocycles. The van der Waals surface area contributed by atoms with Gasteiger partial charge in [-0.05, 0) is 81.0 Å². The molecular formula is C20H29NO. The fourth-order valence-corrected chi connectivity index (χ4v) is 5.39. The summed E-state index contributed by atoms with van der Waals surface area (Å²) in [6.45, 7) is 2.57.